The Bertz CT molecular complexity index is 535. The van der Waals surface area contributed by atoms with Crippen molar-refractivity contribution in [3.8, 4) is 0 Å². The number of anilines is 1. The van der Waals surface area contributed by atoms with Gasteiger partial charge in [-0.15, -0.1) is 0 Å². The SMILES string of the molecule is Nc1ccc(C(=O)c2ccc(CSO)cc2)cc1. The van der Waals surface area contributed by atoms with Crippen molar-refractivity contribution in [1.29, 1.82) is 0 Å². The van der Waals surface area contributed by atoms with E-state index in [0.717, 1.165) is 17.6 Å². The third-order valence-electron chi connectivity index (χ3n) is 2.62. The number of nitrogens with two attached hydrogens (primary N) is 1. The van der Waals surface area contributed by atoms with Gasteiger partial charge in [0.25, 0.3) is 0 Å². The molecule has 0 aromatic heterocycles. The van der Waals surface area contributed by atoms with Gasteiger partial charge in [-0.25, -0.2) is 0 Å². The van der Waals surface area contributed by atoms with E-state index in [1.807, 2.05) is 12.1 Å². The van der Waals surface area contributed by atoms with Crippen LogP contribution in [0, 0.1) is 0 Å². The fourth-order valence-corrected chi connectivity index (χ4v) is 1.97. The van der Waals surface area contributed by atoms with Gasteiger partial charge < -0.3 is 10.3 Å². The summed E-state index contributed by atoms with van der Waals surface area (Å²) in [6, 6.07) is 14.1. The van der Waals surface area contributed by atoms with Gasteiger partial charge in [0.2, 0.25) is 0 Å². The number of ketones is 1. The number of carbonyl (C=O) groups is 1. The van der Waals surface area contributed by atoms with E-state index in [4.69, 9.17) is 10.3 Å². The van der Waals surface area contributed by atoms with Crippen LogP contribution in [-0.4, -0.2) is 10.3 Å². The number of hydrogen-bond donors (Lipinski definition) is 2. The molecule has 0 bridgehead atoms. The van der Waals surface area contributed by atoms with Crippen molar-refractivity contribution in [2.24, 2.45) is 0 Å². The Morgan fingerprint density at radius 1 is 1.00 bits per heavy atom. The zero-order valence-corrected chi connectivity index (χ0v) is 10.5. The van der Waals surface area contributed by atoms with Gasteiger partial charge in [0.15, 0.2) is 5.78 Å². The zero-order valence-electron chi connectivity index (χ0n) is 9.67. The van der Waals surface area contributed by atoms with Gasteiger partial charge in [0.1, 0.15) is 0 Å². The molecule has 3 nitrogen and oxygen atoms in total. The van der Waals surface area contributed by atoms with Crippen molar-refractivity contribution in [3.63, 3.8) is 0 Å². The van der Waals surface area contributed by atoms with E-state index in [9.17, 15) is 4.79 Å². The first kappa shape index (κ1) is 12.7. The molecule has 92 valence electrons. The molecular formula is C14H13NO2S. The standard InChI is InChI=1S/C14H13NO2S/c15-13-7-5-12(6-8-13)14(16)11-3-1-10(2-4-11)9-18-17/h1-8,17H,9,15H2. The Kier molecular flexibility index (Phi) is 4.02. The minimum absolute atomic E-state index is 0.0294. The molecule has 0 spiro atoms. The van der Waals surface area contributed by atoms with Crippen molar-refractivity contribution >= 4 is 23.5 Å². The molecule has 0 fully saturated rings. The first-order valence-electron chi connectivity index (χ1n) is 5.46. The summed E-state index contributed by atoms with van der Waals surface area (Å²) in [4.78, 5) is 12.1. The molecule has 0 saturated heterocycles. The Hall–Kier alpha value is -1.78. The van der Waals surface area contributed by atoms with Gasteiger partial charge >= 0.3 is 0 Å². The number of carbonyl (C=O) groups excluding carboxylic acids is 1. The average molecular weight is 259 g/mol. The molecule has 0 aliphatic carbocycles. The van der Waals surface area contributed by atoms with Gasteiger partial charge in [-0.3, -0.25) is 4.79 Å². The lowest BCUT2D eigenvalue weighted by Gasteiger charge is -2.03. The third kappa shape index (κ3) is 2.91. The third-order valence-corrected chi connectivity index (χ3v) is 3.08. The van der Waals surface area contributed by atoms with Gasteiger partial charge in [-0.2, -0.15) is 0 Å². The molecule has 3 N–H and O–H groups in total. The molecule has 0 aliphatic heterocycles. The van der Waals surface area contributed by atoms with Crippen LogP contribution in [0.4, 0.5) is 5.69 Å². The normalized spacial score (nSPS) is 10.3. The van der Waals surface area contributed by atoms with Crippen LogP contribution in [0.15, 0.2) is 48.5 Å². The maximum Gasteiger partial charge on any atom is 0.193 e. The molecule has 18 heavy (non-hydrogen) atoms. The van der Waals surface area contributed by atoms with Gasteiger partial charge in [-0.05, 0) is 41.9 Å². The lowest BCUT2D eigenvalue weighted by Crippen LogP contribution is -2.01. The number of benzene rings is 2. The quantitative estimate of drug-likeness (QED) is 0.503. The summed E-state index contributed by atoms with van der Waals surface area (Å²) in [7, 11) is 0. The van der Waals surface area contributed by atoms with E-state index in [2.05, 4.69) is 0 Å². The first-order chi connectivity index (χ1) is 8.70. The molecule has 0 heterocycles. The van der Waals surface area contributed by atoms with Crippen molar-refractivity contribution in [2.75, 3.05) is 5.73 Å². The highest BCUT2D eigenvalue weighted by Crippen LogP contribution is 2.14. The molecule has 2 rings (SSSR count). The number of rotatable bonds is 4. The van der Waals surface area contributed by atoms with E-state index in [1.165, 1.54) is 0 Å². The van der Waals surface area contributed by atoms with Crippen molar-refractivity contribution in [3.05, 3.63) is 65.2 Å². The van der Waals surface area contributed by atoms with Crippen molar-refractivity contribution in [2.45, 2.75) is 5.75 Å². The van der Waals surface area contributed by atoms with E-state index >= 15 is 0 Å². The second kappa shape index (κ2) is 5.71. The largest absolute Gasteiger partial charge is 0.399 e. The van der Waals surface area contributed by atoms with Crippen LogP contribution < -0.4 is 5.73 Å². The number of hydrogen-bond acceptors (Lipinski definition) is 4. The minimum atomic E-state index is -0.0294. The van der Waals surface area contributed by atoms with Crippen LogP contribution in [0.1, 0.15) is 21.5 Å². The highest BCUT2D eigenvalue weighted by molar-refractivity contribution is 7.92. The van der Waals surface area contributed by atoms with Crippen LogP contribution in [0.3, 0.4) is 0 Å². The molecular weight excluding hydrogens is 246 g/mol. The van der Waals surface area contributed by atoms with E-state index in [-0.39, 0.29) is 5.78 Å². The highest BCUT2D eigenvalue weighted by atomic mass is 32.2. The number of nitrogen functional groups attached to an aromatic ring is 1. The first-order valence-corrected chi connectivity index (χ1v) is 6.40. The Morgan fingerprint density at radius 2 is 1.50 bits per heavy atom. The second-order valence-corrected chi connectivity index (χ2v) is 4.47. The molecule has 0 aliphatic rings. The molecule has 2 aromatic rings. The van der Waals surface area contributed by atoms with Gasteiger partial charge in [0, 0.05) is 22.6 Å². The van der Waals surface area contributed by atoms with Crippen LogP contribution in [0.2, 0.25) is 0 Å². The predicted molar refractivity (Wildman–Crippen MR) is 74.7 cm³/mol. The van der Waals surface area contributed by atoms with Crippen molar-refractivity contribution < 1.29 is 9.35 Å². The molecule has 2 aromatic carbocycles. The molecule has 0 unspecified atom stereocenters. The Labute approximate surface area is 110 Å². The van der Waals surface area contributed by atoms with E-state index < -0.39 is 0 Å². The highest BCUT2D eigenvalue weighted by Gasteiger charge is 2.08. The topological polar surface area (TPSA) is 63.3 Å². The summed E-state index contributed by atoms with van der Waals surface area (Å²) in [6.07, 6.45) is 0. The predicted octanol–water partition coefficient (Wildman–Crippen LogP) is 3.21. The fourth-order valence-electron chi connectivity index (χ4n) is 1.63. The summed E-state index contributed by atoms with van der Waals surface area (Å²) >= 11 is 0.768. The summed E-state index contributed by atoms with van der Waals surface area (Å²) in [5, 5.41) is 0. The van der Waals surface area contributed by atoms with Gasteiger partial charge in [0.05, 0.1) is 0 Å². The second-order valence-electron chi connectivity index (χ2n) is 3.92. The van der Waals surface area contributed by atoms with Gasteiger partial charge in [-0.1, -0.05) is 24.3 Å². The van der Waals surface area contributed by atoms with Crippen LogP contribution >= 0.6 is 12.0 Å². The van der Waals surface area contributed by atoms with Crippen LogP contribution in [-0.2, 0) is 5.75 Å². The molecule has 4 heteroatoms. The summed E-state index contributed by atoms with van der Waals surface area (Å²) in [5.41, 5.74) is 8.45. The summed E-state index contributed by atoms with van der Waals surface area (Å²) in [6.45, 7) is 0. The molecule has 0 atom stereocenters. The molecule has 0 amide bonds. The maximum absolute atomic E-state index is 12.1. The zero-order chi connectivity index (χ0) is 13.0. The monoisotopic (exact) mass is 259 g/mol. The van der Waals surface area contributed by atoms with Crippen molar-refractivity contribution in [1.82, 2.24) is 0 Å². The lowest BCUT2D eigenvalue weighted by atomic mass is 10.0. The van der Waals surface area contributed by atoms with Crippen LogP contribution in [0.5, 0.6) is 0 Å². The van der Waals surface area contributed by atoms with E-state index in [1.54, 1.807) is 36.4 Å². The molecule has 0 radical (unpaired) electrons. The minimum Gasteiger partial charge on any atom is -0.399 e. The smallest absolute Gasteiger partial charge is 0.193 e. The Morgan fingerprint density at radius 3 is 2.00 bits per heavy atom. The summed E-state index contributed by atoms with van der Waals surface area (Å²) < 4.78 is 8.74. The maximum atomic E-state index is 12.1. The molecule has 0 saturated carbocycles. The van der Waals surface area contributed by atoms with E-state index in [0.29, 0.717) is 22.6 Å². The van der Waals surface area contributed by atoms with Crippen LogP contribution in [0.25, 0.3) is 0 Å². The fraction of sp³-hybridized carbons (Fsp3) is 0.0714. The summed E-state index contributed by atoms with van der Waals surface area (Å²) in [5.74, 6) is 0.495. The lowest BCUT2D eigenvalue weighted by molar-refractivity contribution is 0.103. The average Bonchev–Trinajstić information content (AvgIpc) is 2.40. The Balaban J connectivity index is 2.20.